The maximum atomic E-state index is 13.4. The van der Waals surface area contributed by atoms with Gasteiger partial charge in [0.25, 0.3) is 5.91 Å². The van der Waals surface area contributed by atoms with E-state index >= 15 is 0 Å². The van der Waals surface area contributed by atoms with Crippen LogP contribution in [0.4, 0.5) is 16.0 Å². The Kier molecular flexibility index (Phi) is 4.72. The van der Waals surface area contributed by atoms with Crippen molar-refractivity contribution in [2.75, 3.05) is 18.4 Å². The van der Waals surface area contributed by atoms with Crippen LogP contribution in [0.1, 0.15) is 36.7 Å². The lowest BCUT2D eigenvalue weighted by molar-refractivity contribution is 0.0783. The van der Waals surface area contributed by atoms with Crippen LogP contribution in [0.5, 0.6) is 0 Å². The van der Waals surface area contributed by atoms with Crippen LogP contribution in [0.3, 0.4) is 0 Å². The third-order valence-electron chi connectivity index (χ3n) is 5.48. The Morgan fingerprint density at radius 2 is 2.00 bits per heavy atom. The van der Waals surface area contributed by atoms with Crippen molar-refractivity contribution >= 4 is 39.5 Å². The zero-order valence-electron chi connectivity index (χ0n) is 17.3. The molecule has 2 aromatic heterocycles. The minimum atomic E-state index is -0.927. The topological polar surface area (TPSA) is 88.8 Å². The van der Waals surface area contributed by atoms with Crippen LogP contribution in [-0.2, 0) is 0 Å². The van der Waals surface area contributed by atoms with E-state index in [2.05, 4.69) is 20.6 Å². The Morgan fingerprint density at radius 3 is 2.71 bits per heavy atom. The summed E-state index contributed by atoms with van der Waals surface area (Å²) in [4.78, 5) is 23.2. The molecule has 2 aromatic carbocycles. The number of hydrogen-bond donors (Lipinski definition) is 1. The zero-order chi connectivity index (χ0) is 21.5. The molecule has 1 amide bonds. The van der Waals surface area contributed by atoms with E-state index in [9.17, 15) is 9.18 Å². The van der Waals surface area contributed by atoms with E-state index < -0.39 is 6.17 Å². The van der Waals surface area contributed by atoms with Crippen LogP contribution in [-0.4, -0.2) is 55.0 Å². The fourth-order valence-corrected chi connectivity index (χ4v) is 3.85. The second kappa shape index (κ2) is 7.57. The third-order valence-corrected chi connectivity index (χ3v) is 5.48. The van der Waals surface area contributed by atoms with Gasteiger partial charge < -0.3 is 10.2 Å². The first-order valence-corrected chi connectivity index (χ1v) is 10.3. The van der Waals surface area contributed by atoms with Gasteiger partial charge in [-0.1, -0.05) is 5.21 Å². The summed E-state index contributed by atoms with van der Waals surface area (Å²) in [5, 5.41) is 12.6. The number of halogens is 1. The van der Waals surface area contributed by atoms with Gasteiger partial charge in [-0.05, 0) is 56.7 Å². The number of fused-ring (bicyclic) bond motifs is 3. The molecule has 0 aliphatic carbocycles. The average molecular weight is 419 g/mol. The molecule has 0 radical (unpaired) electrons. The summed E-state index contributed by atoms with van der Waals surface area (Å²) in [7, 11) is 0. The number of hydrogen-bond acceptors (Lipinski definition) is 6. The number of nitrogens with zero attached hydrogens (tertiary/aromatic N) is 6. The van der Waals surface area contributed by atoms with E-state index in [1.165, 1.54) is 0 Å². The van der Waals surface area contributed by atoms with Crippen molar-refractivity contribution in [1.82, 2.24) is 29.9 Å². The molecule has 0 saturated carbocycles. The number of carbonyl (C=O) groups is 1. The molecule has 1 fully saturated rings. The summed E-state index contributed by atoms with van der Waals surface area (Å²) >= 11 is 0. The lowest BCUT2D eigenvalue weighted by atomic mass is 10.2. The first-order chi connectivity index (χ1) is 15.0. The zero-order valence-corrected chi connectivity index (χ0v) is 17.3. The summed E-state index contributed by atoms with van der Waals surface area (Å²) in [5.74, 6) is 0.292. The molecule has 9 heteroatoms. The predicted molar refractivity (Wildman–Crippen MR) is 116 cm³/mol. The fraction of sp³-hybridized carbons (Fsp3) is 0.318. The predicted octanol–water partition coefficient (Wildman–Crippen LogP) is 3.88. The van der Waals surface area contributed by atoms with Crippen molar-refractivity contribution in [3.63, 3.8) is 0 Å². The van der Waals surface area contributed by atoms with Crippen LogP contribution < -0.4 is 5.32 Å². The van der Waals surface area contributed by atoms with Crippen LogP contribution in [0.2, 0.25) is 0 Å². The SMILES string of the molecule is CC(C)n1nnc2ccc3cnc(Nc4ccc(C(=O)N5CC[C@H](F)C5)cc4)nc3c21. The van der Waals surface area contributed by atoms with Gasteiger partial charge in [0.15, 0.2) is 0 Å². The van der Waals surface area contributed by atoms with Crippen molar-refractivity contribution in [2.45, 2.75) is 32.5 Å². The number of amides is 1. The molecule has 31 heavy (non-hydrogen) atoms. The lowest BCUT2D eigenvalue weighted by Crippen LogP contribution is -2.28. The monoisotopic (exact) mass is 419 g/mol. The van der Waals surface area contributed by atoms with Gasteiger partial charge in [0.05, 0.1) is 6.54 Å². The van der Waals surface area contributed by atoms with E-state index in [1.54, 1.807) is 35.4 Å². The molecule has 1 aliphatic heterocycles. The highest BCUT2D eigenvalue weighted by molar-refractivity contribution is 6.01. The number of anilines is 2. The smallest absolute Gasteiger partial charge is 0.253 e. The van der Waals surface area contributed by atoms with Crippen molar-refractivity contribution in [3.8, 4) is 0 Å². The Morgan fingerprint density at radius 1 is 1.19 bits per heavy atom. The van der Waals surface area contributed by atoms with Gasteiger partial charge in [-0.15, -0.1) is 5.10 Å². The standard InChI is InChI=1S/C22H22FN7O/c1-13(2)30-20-18(27-28-30)8-5-15-11-24-22(26-19(15)20)25-17-6-3-14(4-7-17)21(31)29-10-9-16(23)12-29/h3-8,11,13,16H,9-10,12H2,1-2H3,(H,24,25,26)/t16-/m0/s1. The molecule has 1 saturated heterocycles. The molecule has 8 nitrogen and oxygen atoms in total. The van der Waals surface area contributed by atoms with Crippen LogP contribution in [0.25, 0.3) is 21.9 Å². The number of alkyl halides is 1. The first-order valence-electron chi connectivity index (χ1n) is 10.3. The molecule has 4 aromatic rings. The lowest BCUT2D eigenvalue weighted by Gasteiger charge is -2.15. The number of nitrogens with one attached hydrogen (secondary N) is 1. The highest BCUT2D eigenvalue weighted by Crippen LogP contribution is 2.26. The largest absolute Gasteiger partial charge is 0.336 e. The molecule has 5 rings (SSSR count). The number of rotatable bonds is 4. The van der Waals surface area contributed by atoms with E-state index in [0.29, 0.717) is 24.5 Å². The van der Waals surface area contributed by atoms with Gasteiger partial charge in [-0.25, -0.2) is 19.0 Å². The molecule has 158 valence electrons. The van der Waals surface area contributed by atoms with Crippen molar-refractivity contribution in [3.05, 3.63) is 48.2 Å². The van der Waals surface area contributed by atoms with Gasteiger partial charge in [-0.2, -0.15) is 0 Å². The third kappa shape index (κ3) is 3.56. The van der Waals surface area contributed by atoms with Crippen molar-refractivity contribution in [2.24, 2.45) is 0 Å². The van der Waals surface area contributed by atoms with Gasteiger partial charge in [0.1, 0.15) is 22.7 Å². The van der Waals surface area contributed by atoms with Gasteiger partial charge in [-0.3, -0.25) is 4.79 Å². The molecule has 1 N–H and O–H groups in total. The van der Waals surface area contributed by atoms with Crippen molar-refractivity contribution in [1.29, 1.82) is 0 Å². The van der Waals surface area contributed by atoms with Crippen molar-refractivity contribution < 1.29 is 9.18 Å². The number of carbonyl (C=O) groups excluding carboxylic acids is 1. The Labute approximate surface area is 178 Å². The molecule has 0 bridgehead atoms. The molecule has 3 heterocycles. The molecule has 1 atom stereocenters. The van der Waals surface area contributed by atoms with Gasteiger partial charge >= 0.3 is 0 Å². The minimum absolute atomic E-state index is 0.148. The second-order valence-corrected chi connectivity index (χ2v) is 8.03. The highest BCUT2D eigenvalue weighted by atomic mass is 19.1. The highest BCUT2D eigenvalue weighted by Gasteiger charge is 2.26. The van der Waals surface area contributed by atoms with Gasteiger partial charge in [0, 0.05) is 35.4 Å². The molecular weight excluding hydrogens is 397 g/mol. The molecular formula is C22H22FN7O. The second-order valence-electron chi connectivity index (χ2n) is 8.03. The molecule has 1 aliphatic rings. The van der Waals surface area contributed by atoms with Crippen LogP contribution in [0.15, 0.2) is 42.6 Å². The molecule has 0 unspecified atom stereocenters. The number of benzene rings is 2. The normalized spacial score (nSPS) is 16.5. The van der Waals surface area contributed by atoms with Crippen LogP contribution in [0, 0.1) is 0 Å². The quantitative estimate of drug-likeness (QED) is 0.540. The number of likely N-dealkylation sites (tertiary alicyclic amines) is 1. The maximum absolute atomic E-state index is 13.4. The number of aromatic nitrogens is 5. The summed E-state index contributed by atoms with van der Waals surface area (Å²) < 4.78 is 15.2. The fourth-order valence-electron chi connectivity index (χ4n) is 3.85. The summed E-state index contributed by atoms with van der Waals surface area (Å²) in [6.45, 7) is 4.72. The molecule has 0 spiro atoms. The van der Waals surface area contributed by atoms with E-state index in [4.69, 9.17) is 4.98 Å². The summed E-state index contributed by atoms with van der Waals surface area (Å²) in [6, 6.07) is 11.0. The first kappa shape index (κ1) is 19.3. The Bertz CT molecular complexity index is 1270. The van der Waals surface area contributed by atoms with E-state index in [-0.39, 0.29) is 18.5 Å². The average Bonchev–Trinajstić information content (AvgIpc) is 3.40. The minimum Gasteiger partial charge on any atom is -0.336 e. The van der Waals surface area contributed by atoms with Gasteiger partial charge in [0.2, 0.25) is 5.95 Å². The summed E-state index contributed by atoms with van der Waals surface area (Å²) in [6.07, 6.45) is 1.24. The summed E-state index contributed by atoms with van der Waals surface area (Å²) in [5.41, 5.74) is 3.72. The van der Waals surface area contributed by atoms with Crippen LogP contribution >= 0.6 is 0 Å². The van der Waals surface area contributed by atoms with E-state index in [1.807, 2.05) is 30.7 Å². The van der Waals surface area contributed by atoms with E-state index in [0.717, 1.165) is 27.6 Å². The Balaban J connectivity index is 1.42. The maximum Gasteiger partial charge on any atom is 0.253 e. The Hall–Kier alpha value is -3.62.